The first-order valence-corrected chi connectivity index (χ1v) is 5.47. The molecule has 0 aliphatic rings. The second-order valence-electron chi connectivity index (χ2n) is 3.80. The van der Waals surface area contributed by atoms with Crippen molar-refractivity contribution in [3.63, 3.8) is 0 Å². The average molecular weight is 229 g/mol. The van der Waals surface area contributed by atoms with Crippen LogP contribution in [0.5, 0.6) is 0 Å². The molecule has 0 spiro atoms. The van der Waals surface area contributed by atoms with E-state index in [1.54, 1.807) is 0 Å². The van der Waals surface area contributed by atoms with Gasteiger partial charge < -0.3 is 10.7 Å². The van der Waals surface area contributed by atoms with Gasteiger partial charge in [-0.1, -0.05) is 12.1 Å². The molecule has 0 unspecified atom stereocenters. The molecule has 0 atom stereocenters. The predicted molar refractivity (Wildman–Crippen MR) is 68.2 cm³/mol. The monoisotopic (exact) mass is 229 g/mol. The molecule has 4 nitrogen and oxygen atoms in total. The Bertz CT molecular complexity index is 474. The van der Waals surface area contributed by atoms with Crippen molar-refractivity contribution >= 4 is 11.6 Å². The third-order valence-corrected chi connectivity index (χ3v) is 2.34. The van der Waals surface area contributed by atoms with Gasteiger partial charge in [-0.05, 0) is 29.8 Å². The van der Waals surface area contributed by atoms with Gasteiger partial charge in [0, 0.05) is 25.0 Å². The summed E-state index contributed by atoms with van der Waals surface area (Å²) < 4.78 is 1.90. The molecule has 2 aromatic rings. The lowest BCUT2D eigenvalue weighted by molar-refractivity contribution is -0.114. The number of amides is 1. The average Bonchev–Trinajstić information content (AvgIpc) is 2.80. The smallest absolute Gasteiger partial charge is 0.221 e. The molecule has 2 N–H and O–H groups in total. The second-order valence-corrected chi connectivity index (χ2v) is 3.80. The Labute approximate surface area is 100 Å². The molecule has 1 heterocycles. The number of nitrogens with zero attached hydrogens (tertiary/aromatic N) is 1. The van der Waals surface area contributed by atoms with Crippen LogP contribution in [0.3, 0.4) is 0 Å². The van der Waals surface area contributed by atoms with Crippen molar-refractivity contribution in [1.29, 1.82) is 0 Å². The summed E-state index contributed by atoms with van der Waals surface area (Å²) in [5.74, 6) is -0.0526. The van der Waals surface area contributed by atoms with Gasteiger partial charge in [0.1, 0.15) is 0 Å². The highest BCUT2D eigenvalue weighted by molar-refractivity contribution is 5.88. The van der Waals surface area contributed by atoms with Crippen LogP contribution in [0.1, 0.15) is 12.5 Å². The van der Waals surface area contributed by atoms with E-state index in [4.69, 9.17) is 0 Å². The summed E-state index contributed by atoms with van der Waals surface area (Å²) in [4.78, 5) is 10.9. The molecule has 0 saturated carbocycles. The number of aromatic nitrogens is 1. The number of benzene rings is 1. The molecule has 4 heteroatoms. The summed E-state index contributed by atoms with van der Waals surface area (Å²) in [6, 6.07) is 11.7. The van der Waals surface area contributed by atoms with Crippen molar-refractivity contribution in [2.24, 2.45) is 0 Å². The molecule has 2 rings (SSSR count). The Morgan fingerprint density at radius 2 is 1.82 bits per heavy atom. The van der Waals surface area contributed by atoms with Gasteiger partial charge in [-0.15, -0.1) is 0 Å². The largest absolute Gasteiger partial charge is 0.326 e. The second kappa shape index (κ2) is 5.21. The number of rotatable bonds is 4. The van der Waals surface area contributed by atoms with Crippen molar-refractivity contribution in [2.45, 2.75) is 13.5 Å². The van der Waals surface area contributed by atoms with Gasteiger partial charge in [0.2, 0.25) is 5.91 Å². The van der Waals surface area contributed by atoms with Crippen LogP contribution in [-0.4, -0.2) is 10.6 Å². The molecule has 0 saturated heterocycles. The summed E-state index contributed by atoms with van der Waals surface area (Å²) in [5, 5.41) is 2.74. The number of anilines is 1. The Morgan fingerprint density at radius 1 is 1.18 bits per heavy atom. The number of hydrogen-bond acceptors (Lipinski definition) is 2. The molecule has 17 heavy (non-hydrogen) atoms. The number of nitrogens with one attached hydrogen (secondary N) is 2. The van der Waals surface area contributed by atoms with E-state index in [1.807, 2.05) is 53.5 Å². The standard InChI is InChI=1S/C13H15N3O/c1-11(17)15-13-6-4-12(5-7-13)10-14-16-8-2-3-9-16/h2-9,14H,10H2,1H3,(H,15,17). The van der Waals surface area contributed by atoms with Crippen LogP contribution in [-0.2, 0) is 11.3 Å². The number of carbonyl (C=O) groups excluding carboxylic acids is 1. The molecular formula is C13H15N3O. The maximum atomic E-state index is 10.9. The van der Waals surface area contributed by atoms with Crippen LogP contribution >= 0.6 is 0 Å². The van der Waals surface area contributed by atoms with Crippen LogP contribution < -0.4 is 10.7 Å². The third-order valence-electron chi connectivity index (χ3n) is 2.34. The van der Waals surface area contributed by atoms with Crippen LogP contribution in [0.25, 0.3) is 0 Å². The molecule has 1 amide bonds. The lowest BCUT2D eigenvalue weighted by Gasteiger charge is -2.08. The van der Waals surface area contributed by atoms with Gasteiger partial charge in [0.15, 0.2) is 0 Å². The summed E-state index contributed by atoms with van der Waals surface area (Å²) in [7, 11) is 0. The first kappa shape index (κ1) is 11.3. The lowest BCUT2D eigenvalue weighted by Crippen LogP contribution is -2.12. The van der Waals surface area contributed by atoms with Gasteiger partial charge in [0.25, 0.3) is 0 Å². The van der Waals surface area contributed by atoms with Crippen molar-refractivity contribution < 1.29 is 4.79 Å². The first-order valence-electron chi connectivity index (χ1n) is 5.47. The topological polar surface area (TPSA) is 46.1 Å². The molecule has 88 valence electrons. The van der Waals surface area contributed by atoms with Crippen molar-refractivity contribution in [3.05, 3.63) is 54.4 Å². The number of hydrogen-bond donors (Lipinski definition) is 2. The minimum absolute atomic E-state index is 0.0526. The molecule has 0 aliphatic heterocycles. The molecule has 0 fully saturated rings. The highest BCUT2D eigenvalue weighted by atomic mass is 16.1. The van der Waals surface area contributed by atoms with E-state index in [2.05, 4.69) is 10.7 Å². The van der Waals surface area contributed by atoms with E-state index in [-0.39, 0.29) is 5.91 Å². The predicted octanol–water partition coefficient (Wildman–Crippen LogP) is 2.19. The molecule has 1 aromatic carbocycles. The molecule has 0 bridgehead atoms. The Hall–Kier alpha value is -2.23. The highest BCUT2D eigenvalue weighted by Crippen LogP contribution is 2.09. The van der Waals surface area contributed by atoms with Gasteiger partial charge in [0.05, 0.1) is 6.54 Å². The quantitative estimate of drug-likeness (QED) is 0.844. The summed E-state index contributed by atoms with van der Waals surface area (Å²) in [6.45, 7) is 2.25. The van der Waals surface area contributed by atoms with Gasteiger partial charge >= 0.3 is 0 Å². The minimum Gasteiger partial charge on any atom is -0.326 e. The fraction of sp³-hybridized carbons (Fsp3) is 0.154. The maximum absolute atomic E-state index is 10.9. The first-order chi connectivity index (χ1) is 8.24. The van der Waals surface area contributed by atoms with Crippen LogP contribution in [0.15, 0.2) is 48.8 Å². The van der Waals surface area contributed by atoms with Gasteiger partial charge in [-0.3, -0.25) is 9.47 Å². The van der Waals surface area contributed by atoms with E-state index in [0.717, 1.165) is 17.8 Å². The van der Waals surface area contributed by atoms with Crippen molar-refractivity contribution in [2.75, 3.05) is 10.7 Å². The van der Waals surface area contributed by atoms with Crippen LogP contribution in [0.2, 0.25) is 0 Å². The Morgan fingerprint density at radius 3 is 2.41 bits per heavy atom. The highest BCUT2D eigenvalue weighted by Gasteiger charge is 1.96. The zero-order valence-corrected chi connectivity index (χ0v) is 9.68. The van der Waals surface area contributed by atoms with E-state index >= 15 is 0 Å². The Balaban J connectivity index is 1.91. The van der Waals surface area contributed by atoms with Crippen LogP contribution in [0.4, 0.5) is 5.69 Å². The third kappa shape index (κ3) is 3.38. The SMILES string of the molecule is CC(=O)Nc1ccc(CNn2cccc2)cc1. The van der Waals surface area contributed by atoms with Gasteiger partial charge in [-0.2, -0.15) is 0 Å². The molecule has 0 aliphatic carbocycles. The number of carbonyl (C=O) groups is 1. The van der Waals surface area contributed by atoms with Crippen molar-refractivity contribution in [3.8, 4) is 0 Å². The maximum Gasteiger partial charge on any atom is 0.221 e. The summed E-state index contributed by atoms with van der Waals surface area (Å²) in [6.07, 6.45) is 3.90. The molecule has 1 aromatic heterocycles. The normalized spacial score (nSPS) is 9.94. The lowest BCUT2D eigenvalue weighted by atomic mass is 10.2. The van der Waals surface area contributed by atoms with E-state index in [1.165, 1.54) is 6.92 Å². The zero-order valence-electron chi connectivity index (χ0n) is 9.68. The Kier molecular flexibility index (Phi) is 3.45. The molecule has 0 radical (unpaired) electrons. The van der Waals surface area contributed by atoms with Crippen molar-refractivity contribution in [1.82, 2.24) is 4.68 Å². The summed E-state index contributed by atoms with van der Waals surface area (Å²) >= 11 is 0. The van der Waals surface area contributed by atoms with Crippen LogP contribution in [0, 0.1) is 0 Å². The zero-order chi connectivity index (χ0) is 12.1. The fourth-order valence-corrected chi connectivity index (χ4v) is 1.53. The molecular weight excluding hydrogens is 214 g/mol. The van der Waals surface area contributed by atoms with E-state index in [9.17, 15) is 4.79 Å². The van der Waals surface area contributed by atoms with E-state index in [0.29, 0.717) is 0 Å². The fourth-order valence-electron chi connectivity index (χ4n) is 1.53. The summed E-state index contributed by atoms with van der Waals surface area (Å²) in [5.41, 5.74) is 5.21. The van der Waals surface area contributed by atoms with Gasteiger partial charge in [-0.25, -0.2) is 0 Å². The minimum atomic E-state index is -0.0526. The van der Waals surface area contributed by atoms with E-state index < -0.39 is 0 Å².